The van der Waals surface area contributed by atoms with Gasteiger partial charge in [0.05, 0.1) is 29.0 Å². The summed E-state index contributed by atoms with van der Waals surface area (Å²) in [6, 6.07) is 20.7. The zero-order valence-electron chi connectivity index (χ0n) is 19.9. The number of aromatic hydroxyl groups is 1. The number of aromatic nitrogens is 1. The van der Waals surface area contributed by atoms with Gasteiger partial charge in [-0.2, -0.15) is 0 Å². The summed E-state index contributed by atoms with van der Waals surface area (Å²) in [5.74, 6) is 0.313. The molecule has 0 radical (unpaired) electrons. The summed E-state index contributed by atoms with van der Waals surface area (Å²) in [6.07, 6.45) is 1.63. The first-order valence-electron chi connectivity index (χ1n) is 11.4. The normalized spacial score (nSPS) is 15.2. The predicted molar refractivity (Wildman–Crippen MR) is 148 cm³/mol. The van der Waals surface area contributed by atoms with E-state index in [1.807, 2.05) is 42.5 Å². The molecule has 9 heteroatoms. The van der Waals surface area contributed by atoms with E-state index in [9.17, 15) is 14.7 Å². The minimum Gasteiger partial charge on any atom is -0.507 e. The number of fused-ring (bicyclic) bond motifs is 1. The minimum atomic E-state index is -0.728. The highest BCUT2D eigenvalue weighted by Crippen LogP contribution is 2.32. The van der Waals surface area contributed by atoms with Gasteiger partial charge in [0.25, 0.3) is 11.5 Å². The van der Waals surface area contributed by atoms with Crippen LogP contribution in [0.15, 0.2) is 98.3 Å². The third kappa shape index (κ3) is 4.87. The van der Waals surface area contributed by atoms with Gasteiger partial charge in [0, 0.05) is 15.7 Å². The van der Waals surface area contributed by atoms with Gasteiger partial charge in [0.2, 0.25) is 0 Å². The second-order valence-corrected chi connectivity index (χ2v) is 10.3. The molecule has 0 spiro atoms. The summed E-state index contributed by atoms with van der Waals surface area (Å²) in [7, 11) is 1.57. The van der Waals surface area contributed by atoms with Gasteiger partial charge < -0.3 is 15.2 Å². The largest absolute Gasteiger partial charge is 0.507 e. The number of allylic oxidation sites excluding steroid dienone is 1. The van der Waals surface area contributed by atoms with E-state index >= 15 is 0 Å². The third-order valence-corrected chi connectivity index (χ3v) is 7.46. The van der Waals surface area contributed by atoms with Crippen molar-refractivity contribution in [2.45, 2.75) is 13.0 Å². The van der Waals surface area contributed by atoms with E-state index in [1.54, 1.807) is 50.4 Å². The summed E-state index contributed by atoms with van der Waals surface area (Å²) in [4.78, 5) is 32.5. The number of para-hydroxylation sites is 1. The molecule has 1 aliphatic rings. The standard InChI is InChI=1S/C28H22BrN3O4S/c1-16-24(26(34)31-20-8-4-3-5-9-20)25(17-7-6-10-21(14-17)36-2)32-27(35)23(37-28(32)30-16)15-18-13-19(29)11-12-22(18)33/h3-15,25,33H,1-2H3,(H,31,34)/b23-15-/t25-/m0/s1. The third-order valence-electron chi connectivity index (χ3n) is 5.98. The highest BCUT2D eigenvalue weighted by molar-refractivity contribution is 9.10. The first-order chi connectivity index (χ1) is 17.9. The average molecular weight is 576 g/mol. The molecule has 5 rings (SSSR count). The molecule has 1 atom stereocenters. The van der Waals surface area contributed by atoms with Crippen molar-refractivity contribution in [3.63, 3.8) is 0 Å². The molecule has 0 fully saturated rings. The monoisotopic (exact) mass is 575 g/mol. The first kappa shape index (κ1) is 24.7. The Hall–Kier alpha value is -3.95. The number of carbonyl (C=O) groups excluding carboxylic acids is 1. The number of hydrogen-bond acceptors (Lipinski definition) is 6. The van der Waals surface area contributed by atoms with Crippen LogP contribution < -0.4 is 24.9 Å². The van der Waals surface area contributed by atoms with E-state index in [0.717, 1.165) is 4.47 Å². The zero-order chi connectivity index (χ0) is 26.1. The van der Waals surface area contributed by atoms with Gasteiger partial charge in [-0.15, -0.1) is 0 Å². The fourth-order valence-corrected chi connectivity index (χ4v) is 5.66. The van der Waals surface area contributed by atoms with Crippen molar-refractivity contribution in [1.82, 2.24) is 4.57 Å². The molecule has 2 N–H and O–H groups in total. The Morgan fingerprint density at radius 3 is 2.68 bits per heavy atom. The second-order valence-electron chi connectivity index (χ2n) is 8.38. The van der Waals surface area contributed by atoms with Crippen molar-refractivity contribution in [3.8, 4) is 11.5 Å². The number of anilines is 1. The highest BCUT2D eigenvalue weighted by atomic mass is 79.9. The lowest BCUT2D eigenvalue weighted by atomic mass is 9.95. The van der Waals surface area contributed by atoms with Gasteiger partial charge in [-0.25, -0.2) is 4.99 Å². The van der Waals surface area contributed by atoms with Gasteiger partial charge >= 0.3 is 0 Å². The molecule has 0 aliphatic carbocycles. The summed E-state index contributed by atoms with van der Waals surface area (Å²) >= 11 is 4.61. The van der Waals surface area contributed by atoms with E-state index in [2.05, 4.69) is 26.2 Å². The Morgan fingerprint density at radius 1 is 1.14 bits per heavy atom. The van der Waals surface area contributed by atoms with Crippen molar-refractivity contribution >= 4 is 44.9 Å². The Labute approximate surface area is 224 Å². The van der Waals surface area contributed by atoms with Gasteiger partial charge in [-0.3, -0.25) is 14.2 Å². The van der Waals surface area contributed by atoms with E-state index in [4.69, 9.17) is 4.74 Å². The van der Waals surface area contributed by atoms with Crippen LogP contribution in [0.5, 0.6) is 11.5 Å². The van der Waals surface area contributed by atoms with E-state index in [1.165, 1.54) is 15.9 Å². The number of rotatable bonds is 5. The van der Waals surface area contributed by atoms with Gasteiger partial charge in [0.15, 0.2) is 4.80 Å². The summed E-state index contributed by atoms with van der Waals surface area (Å²) < 4.78 is 8.12. The lowest BCUT2D eigenvalue weighted by Gasteiger charge is -2.25. The predicted octanol–water partition coefficient (Wildman–Crippen LogP) is 4.35. The van der Waals surface area contributed by atoms with E-state index in [0.29, 0.717) is 43.2 Å². The molecule has 1 amide bonds. The van der Waals surface area contributed by atoms with Crippen molar-refractivity contribution in [2.75, 3.05) is 12.4 Å². The number of phenols is 1. The van der Waals surface area contributed by atoms with E-state index < -0.39 is 6.04 Å². The van der Waals surface area contributed by atoms with Crippen LogP contribution in [-0.2, 0) is 4.79 Å². The fourth-order valence-electron chi connectivity index (χ4n) is 4.24. The Morgan fingerprint density at radius 2 is 1.92 bits per heavy atom. The lowest BCUT2D eigenvalue weighted by Crippen LogP contribution is -2.40. The summed E-state index contributed by atoms with van der Waals surface area (Å²) in [5, 5.41) is 13.3. The van der Waals surface area contributed by atoms with Crippen LogP contribution in [0.1, 0.15) is 24.1 Å². The van der Waals surface area contributed by atoms with Crippen molar-refractivity contribution in [3.05, 3.63) is 119 Å². The number of hydrogen-bond donors (Lipinski definition) is 2. The maximum absolute atomic E-state index is 13.8. The summed E-state index contributed by atoms with van der Waals surface area (Å²) in [5.41, 5.74) is 2.41. The van der Waals surface area contributed by atoms with Crippen LogP contribution in [0.2, 0.25) is 0 Å². The SMILES string of the molecule is COc1cccc([C@H]2C(C(=O)Nc3ccccc3)=C(C)N=c3s/c(=C\c4cc(Br)ccc4O)c(=O)n32)c1. The zero-order valence-corrected chi connectivity index (χ0v) is 22.3. The average Bonchev–Trinajstić information content (AvgIpc) is 3.20. The van der Waals surface area contributed by atoms with Gasteiger partial charge in [-0.05, 0) is 61.0 Å². The van der Waals surface area contributed by atoms with Crippen LogP contribution in [0.3, 0.4) is 0 Å². The molecule has 3 aromatic carbocycles. The molecule has 4 aromatic rings. The Bertz CT molecular complexity index is 1720. The second kappa shape index (κ2) is 10.2. The number of nitrogens with zero attached hydrogens (tertiary/aromatic N) is 2. The Kier molecular flexibility index (Phi) is 6.82. The lowest BCUT2D eigenvalue weighted by molar-refractivity contribution is -0.113. The van der Waals surface area contributed by atoms with Crippen molar-refractivity contribution < 1.29 is 14.6 Å². The number of thiazole rings is 1. The first-order valence-corrected chi connectivity index (χ1v) is 13.0. The van der Waals surface area contributed by atoms with Gasteiger partial charge in [-0.1, -0.05) is 57.6 Å². The number of ether oxygens (including phenoxy) is 1. The molecule has 186 valence electrons. The number of carbonyl (C=O) groups is 1. The molecule has 37 heavy (non-hydrogen) atoms. The van der Waals surface area contributed by atoms with Gasteiger partial charge in [0.1, 0.15) is 11.5 Å². The number of halogens is 1. The van der Waals surface area contributed by atoms with Crippen LogP contribution in [0.4, 0.5) is 5.69 Å². The van der Waals surface area contributed by atoms with Crippen LogP contribution in [0.25, 0.3) is 6.08 Å². The van der Waals surface area contributed by atoms with Crippen LogP contribution in [-0.4, -0.2) is 22.7 Å². The molecule has 7 nitrogen and oxygen atoms in total. The minimum absolute atomic E-state index is 0.0532. The fraction of sp³-hybridized carbons (Fsp3) is 0.107. The maximum atomic E-state index is 13.8. The molecule has 1 aromatic heterocycles. The molecular formula is C28H22BrN3O4S. The number of phenolic OH excluding ortho intramolecular Hbond substituents is 1. The van der Waals surface area contributed by atoms with Crippen molar-refractivity contribution in [2.24, 2.45) is 4.99 Å². The quantitative estimate of drug-likeness (QED) is 0.370. The number of amides is 1. The van der Waals surface area contributed by atoms with Crippen molar-refractivity contribution in [1.29, 1.82) is 0 Å². The molecule has 0 saturated heterocycles. The molecule has 0 unspecified atom stereocenters. The molecule has 2 heterocycles. The Balaban J connectivity index is 1.71. The van der Waals surface area contributed by atoms with Crippen LogP contribution >= 0.6 is 27.3 Å². The molecular weight excluding hydrogens is 554 g/mol. The molecule has 0 bridgehead atoms. The number of benzene rings is 3. The number of methoxy groups -OCH3 is 1. The topological polar surface area (TPSA) is 92.9 Å². The number of nitrogens with one attached hydrogen (secondary N) is 1. The maximum Gasteiger partial charge on any atom is 0.271 e. The summed E-state index contributed by atoms with van der Waals surface area (Å²) in [6.45, 7) is 1.77. The van der Waals surface area contributed by atoms with Crippen LogP contribution in [0, 0.1) is 0 Å². The molecule has 1 aliphatic heterocycles. The molecule has 0 saturated carbocycles. The van der Waals surface area contributed by atoms with E-state index in [-0.39, 0.29) is 17.2 Å². The smallest absolute Gasteiger partial charge is 0.271 e. The highest BCUT2D eigenvalue weighted by Gasteiger charge is 2.32.